The molecule has 2 aromatic carbocycles. The first-order valence-corrected chi connectivity index (χ1v) is 8.79. The normalized spacial score (nSPS) is 19.3. The van der Waals surface area contributed by atoms with Gasteiger partial charge in [0, 0.05) is 24.6 Å². The minimum atomic E-state index is -0.683. The summed E-state index contributed by atoms with van der Waals surface area (Å²) in [5.41, 5.74) is 2.64. The number of methoxy groups -OCH3 is 1. The summed E-state index contributed by atoms with van der Waals surface area (Å²) in [4.78, 5) is 10.1. The lowest BCUT2D eigenvalue weighted by molar-refractivity contribution is -0.00759. The smallest absolute Gasteiger partial charge is 0.289 e. The van der Waals surface area contributed by atoms with E-state index in [-0.39, 0.29) is 5.82 Å². The van der Waals surface area contributed by atoms with Gasteiger partial charge in [0.1, 0.15) is 10.8 Å². The van der Waals surface area contributed by atoms with Crippen LogP contribution in [0.5, 0.6) is 0 Å². The van der Waals surface area contributed by atoms with Gasteiger partial charge in [0.05, 0.1) is 12.8 Å². The molecule has 0 saturated heterocycles. The van der Waals surface area contributed by atoms with Gasteiger partial charge in [0.15, 0.2) is 5.60 Å². The average Bonchev–Trinajstić information content (AvgIpc) is 3.09. The topological polar surface area (TPSA) is 55.2 Å². The van der Waals surface area contributed by atoms with E-state index in [9.17, 15) is 4.39 Å². The van der Waals surface area contributed by atoms with E-state index in [0.29, 0.717) is 17.4 Å². The molecule has 1 unspecified atom stereocenters. The van der Waals surface area contributed by atoms with Crippen LogP contribution in [-0.4, -0.2) is 30.9 Å². The van der Waals surface area contributed by atoms with Crippen LogP contribution in [0.4, 0.5) is 4.39 Å². The largest absolute Gasteiger partial charge is 0.468 e. The molecule has 0 bridgehead atoms. The van der Waals surface area contributed by atoms with Gasteiger partial charge >= 0.3 is 0 Å². The first-order chi connectivity index (χ1) is 12.9. The second-order valence-electron chi connectivity index (χ2n) is 6.31. The number of ether oxygens (including phenoxy) is 1. The van der Waals surface area contributed by atoms with Crippen molar-refractivity contribution < 1.29 is 14.0 Å². The highest BCUT2D eigenvalue weighted by Crippen LogP contribution is 2.36. The number of benzene rings is 2. The molecule has 0 fully saturated rings. The Morgan fingerprint density at radius 2 is 2.04 bits per heavy atom. The molecule has 7 heteroatoms. The Balaban J connectivity index is 1.72. The van der Waals surface area contributed by atoms with E-state index in [1.807, 2.05) is 37.3 Å². The van der Waals surface area contributed by atoms with Crippen molar-refractivity contribution in [2.75, 3.05) is 14.2 Å². The third-order valence-corrected chi connectivity index (χ3v) is 4.73. The summed E-state index contributed by atoms with van der Waals surface area (Å²) in [6.07, 6.45) is 0.550. The summed E-state index contributed by atoms with van der Waals surface area (Å²) in [5.74, 6) is -0.290. The highest BCUT2D eigenvalue weighted by atomic mass is 32.1. The molecule has 5 nitrogen and oxygen atoms in total. The molecule has 1 aliphatic rings. The van der Waals surface area contributed by atoms with E-state index in [4.69, 9.17) is 21.8 Å². The maximum atomic E-state index is 13.5. The number of hydrogen-bond acceptors (Lipinski definition) is 5. The zero-order valence-corrected chi connectivity index (χ0v) is 16.1. The molecule has 0 spiro atoms. The van der Waals surface area contributed by atoms with Crippen molar-refractivity contribution in [2.24, 2.45) is 10.1 Å². The van der Waals surface area contributed by atoms with Gasteiger partial charge < -0.3 is 14.9 Å². The molecule has 1 heterocycles. The van der Waals surface area contributed by atoms with E-state index in [2.05, 4.69) is 15.5 Å². The van der Waals surface area contributed by atoms with Gasteiger partial charge in [-0.1, -0.05) is 53.8 Å². The Morgan fingerprint density at radius 3 is 2.67 bits per heavy atom. The van der Waals surface area contributed by atoms with Crippen molar-refractivity contribution >= 4 is 28.9 Å². The number of amidine groups is 1. The van der Waals surface area contributed by atoms with Gasteiger partial charge in [0.2, 0.25) is 0 Å². The van der Waals surface area contributed by atoms with Crippen molar-refractivity contribution in [1.82, 2.24) is 5.32 Å². The number of hydrogen-bond donors (Lipinski definition) is 1. The van der Waals surface area contributed by atoms with Crippen LogP contribution in [0.1, 0.15) is 30.0 Å². The minimum absolute atomic E-state index is 0.290. The number of thiocarbonyl (C=S) groups is 1. The predicted molar refractivity (Wildman–Crippen MR) is 108 cm³/mol. The van der Waals surface area contributed by atoms with Crippen molar-refractivity contribution in [2.45, 2.75) is 18.9 Å². The molecule has 1 aliphatic heterocycles. The van der Waals surface area contributed by atoms with Gasteiger partial charge in [-0.25, -0.2) is 9.38 Å². The van der Waals surface area contributed by atoms with Crippen LogP contribution in [0.2, 0.25) is 0 Å². The highest BCUT2D eigenvalue weighted by molar-refractivity contribution is 7.80. The van der Waals surface area contributed by atoms with Crippen LogP contribution in [0.15, 0.2) is 58.7 Å². The summed E-state index contributed by atoms with van der Waals surface area (Å²) in [7, 11) is 3.14. The van der Waals surface area contributed by atoms with E-state index < -0.39 is 5.60 Å². The summed E-state index contributed by atoms with van der Waals surface area (Å²) < 4.78 is 18.6. The molecule has 0 saturated carbocycles. The number of aliphatic imine (C=N–C) groups is 1. The zero-order valence-electron chi connectivity index (χ0n) is 15.3. The SMILES string of the molecule is CN=C(NC(=S)c1ccc(C2=NOC(C)(c3cccc(F)c3)C2)cc1)OC. The molecule has 0 aromatic heterocycles. The molecule has 1 atom stereocenters. The molecule has 1 N–H and O–H groups in total. The number of nitrogens with one attached hydrogen (secondary N) is 1. The first-order valence-electron chi connectivity index (χ1n) is 8.39. The van der Waals surface area contributed by atoms with Gasteiger partial charge in [-0.05, 0) is 24.6 Å². The summed E-state index contributed by atoms with van der Waals surface area (Å²) in [5, 5.41) is 7.15. The van der Waals surface area contributed by atoms with Crippen LogP contribution in [0.25, 0.3) is 0 Å². The van der Waals surface area contributed by atoms with E-state index >= 15 is 0 Å². The van der Waals surface area contributed by atoms with Gasteiger partial charge in [0.25, 0.3) is 6.02 Å². The Morgan fingerprint density at radius 1 is 1.30 bits per heavy atom. The monoisotopic (exact) mass is 385 g/mol. The van der Waals surface area contributed by atoms with Gasteiger partial charge in [-0.3, -0.25) is 0 Å². The van der Waals surface area contributed by atoms with Crippen molar-refractivity contribution in [3.63, 3.8) is 0 Å². The highest BCUT2D eigenvalue weighted by Gasteiger charge is 2.36. The molecule has 0 amide bonds. The molecule has 0 aliphatic carbocycles. The average molecular weight is 385 g/mol. The fourth-order valence-electron chi connectivity index (χ4n) is 2.85. The van der Waals surface area contributed by atoms with Crippen molar-refractivity contribution in [3.05, 3.63) is 71.0 Å². The molecular formula is C20H20FN3O2S. The van der Waals surface area contributed by atoms with Crippen LogP contribution in [0.3, 0.4) is 0 Å². The first kappa shape index (κ1) is 19.0. The van der Waals surface area contributed by atoms with Crippen LogP contribution in [0, 0.1) is 5.82 Å². The molecule has 3 rings (SSSR count). The Bertz CT molecular complexity index is 912. The Kier molecular flexibility index (Phi) is 5.51. The lowest BCUT2D eigenvalue weighted by Gasteiger charge is -2.21. The van der Waals surface area contributed by atoms with Crippen molar-refractivity contribution in [3.8, 4) is 0 Å². The fraction of sp³-hybridized carbons (Fsp3) is 0.250. The van der Waals surface area contributed by atoms with E-state index in [1.54, 1.807) is 13.1 Å². The quantitative estimate of drug-likeness (QED) is 0.497. The fourth-order valence-corrected chi connectivity index (χ4v) is 3.07. The van der Waals surface area contributed by atoms with Crippen LogP contribution >= 0.6 is 12.2 Å². The number of oxime groups is 1. The second-order valence-corrected chi connectivity index (χ2v) is 6.72. The molecule has 140 valence electrons. The maximum Gasteiger partial charge on any atom is 0.289 e. The second kappa shape index (κ2) is 7.84. The van der Waals surface area contributed by atoms with Crippen LogP contribution in [-0.2, 0) is 15.2 Å². The third-order valence-electron chi connectivity index (χ3n) is 4.39. The minimum Gasteiger partial charge on any atom is -0.468 e. The lowest BCUT2D eigenvalue weighted by Crippen LogP contribution is -2.30. The van der Waals surface area contributed by atoms with Crippen LogP contribution < -0.4 is 5.32 Å². The standard InChI is InChI=1S/C20H20FN3O2S/c1-20(15-5-4-6-16(21)11-15)12-17(24-26-20)13-7-9-14(10-8-13)18(27)23-19(22-2)25-3/h4-11H,12H2,1-3H3,(H,22,23,27). The van der Waals surface area contributed by atoms with Gasteiger partial charge in [-0.15, -0.1) is 0 Å². The Labute approximate surface area is 162 Å². The predicted octanol–water partition coefficient (Wildman–Crippen LogP) is 3.76. The van der Waals surface area contributed by atoms with Crippen molar-refractivity contribution in [1.29, 1.82) is 0 Å². The third kappa shape index (κ3) is 4.14. The van der Waals surface area contributed by atoms with E-state index in [0.717, 1.165) is 22.4 Å². The lowest BCUT2D eigenvalue weighted by atomic mass is 9.89. The zero-order chi connectivity index (χ0) is 19.4. The summed E-state index contributed by atoms with van der Waals surface area (Å²) in [6.45, 7) is 1.90. The van der Waals surface area contributed by atoms with Gasteiger partial charge in [-0.2, -0.15) is 0 Å². The Hall–Kier alpha value is -2.80. The maximum absolute atomic E-state index is 13.5. The van der Waals surface area contributed by atoms with E-state index in [1.165, 1.54) is 19.2 Å². The molecule has 27 heavy (non-hydrogen) atoms. The summed E-state index contributed by atoms with van der Waals surface area (Å²) >= 11 is 5.36. The molecule has 2 aromatic rings. The summed E-state index contributed by atoms with van der Waals surface area (Å²) in [6, 6.07) is 14.4. The number of nitrogens with zero attached hydrogens (tertiary/aromatic N) is 2. The molecule has 0 radical (unpaired) electrons. The number of rotatable bonds is 3. The molecular weight excluding hydrogens is 365 g/mol. The number of halogens is 1.